The molecule has 1 aromatic heterocycles. The van der Waals surface area contributed by atoms with Crippen molar-refractivity contribution in [2.75, 3.05) is 13.2 Å². The summed E-state index contributed by atoms with van der Waals surface area (Å²) in [6.45, 7) is 0.970. The van der Waals surface area contributed by atoms with Crippen molar-refractivity contribution in [1.82, 2.24) is 9.97 Å². The Labute approximate surface area is 80.8 Å². The Morgan fingerprint density at radius 2 is 2.43 bits per heavy atom. The van der Waals surface area contributed by atoms with E-state index >= 15 is 0 Å². The first kappa shape index (κ1) is 9.36. The number of hydrogen-bond acceptors (Lipinski definition) is 4. The maximum atomic E-state index is 11.5. The third kappa shape index (κ3) is 1.69. The third-order valence-corrected chi connectivity index (χ3v) is 2.23. The van der Waals surface area contributed by atoms with Crippen molar-refractivity contribution in [2.45, 2.75) is 19.4 Å². The van der Waals surface area contributed by atoms with Gasteiger partial charge in [0.25, 0.3) is 5.56 Å². The van der Waals surface area contributed by atoms with Gasteiger partial charge in [0.2, 0.25) is 0 Å². The van der Waals surface area contributed by atoms with Crippen LogP contribution in [0.15, 0.2) is 4.79 Å². The van der Waals surface area contributed by atoms with Gasteiger partial charge in [-0.25, -0.2) is 4.98 Å². The molecule has 2 heterocycles. The first-order valence-corrected chi connectivity index (χ1v) is 4.61. The molecule has 5 heteroatoms. The number of aromatic amines is 1. The van der Waals surface area contributed by atoms with Gasteiger partial charge in [0.05, 0.1) is 25.5 Å². The summed E-state index contributed by atoms with van der Waals surface area (Å²) < 4.78 is 5.21. The van der Waals surface area contributed by atoms with Crippen LogP contribution in [0.3, 0.4) is 0 Å². The predicted octanol–water partition coefficient (Wildman–Crippen LogP) is -0.623. The maximum absolute atomic E-state index is 11.5. The van der Waals surface area contributed by atoms with Gasteiger partial charge >= 0.3 is 0 Å². The molecule has 2 N–H and O–H groups in total. The van der Waals surface area contributed by atoms with Crippen LogP contribution in [-0.2, 0) is 24.2 Å². The second kappa shape index (κ2) is 3.89. The summed E-state index contributed by atoms with van der Waals surface area (Å²) >= 11 is 0. The molecule has 0 unspecified atom stereocenters. The Hall–Kier alpha value is -1.20. The number of nitrogens with zero attached hydrogens (tertiary/aromatic N) is 1. The van der Waals surface area contributed by atoms with Gasteiger partial charge in [-0.15, -0.1) is 0 Å². The largest absolute Gasteiger partial charge is 0.396 e. The summed E-state index contributed by atoms with van der Waals surface area (Å²) in [5.74, 6) is 0.529. The summed E-state index contributed by atoms with van der Waals surface area (Å²) in [5.41, 5.74) is 1.34. The monoisotopic (exact) mass is 196 g/mol. The molecule has 14 heavy (non-hydrogen) atoms. The minimum atomic E-state index is -0.0956. The van der Waals surface area contributed by atoms with E-state index in [0.29, 0.717) is 37.6 Å². The smallest absolute Gasteiger partial charge is 0.254 e. The van der Waals surface area contributed by atoms with Crippen LogP contribution in [-0.4, -0.2) is 28.3 Å². The number of ether oxygens (including phenoxy) is 1. The van der Waals surface area contributed by atoms with E-state index in [1.165, 1.54) is 0 Å². The van der Waals surface area contributed by atoms with Crippen molar-refractivity contribution in [3.8, 4) is 0 Å². The van der Waals surface area contributed by atoms with Crippen LogP contribution in [0.25, 0.3) is 0 Å². The second-order valence-electron chi connectivity index (χ2n) is 3.21. The van der Waals surface area contributed by atoms with Crippen LogP contribution in [0.4, 0.5) is 0 Å². The number of rotatable bonds is 2. The molecule has 0 saturated heterocycles. The van der Waals surface area contributed by atoms with Gasteiger partial charge in [0.1, 0.15) is 5.82 Å². The van der Waals surface area contributed by atoms with Gasteiger partial charge in [0.15, 0.2) is 0 Å². The summed E-state index contributed by atoms with van der Waals surface area (Å²) in [5, 5.41) is 8.72. The minimum Gasteiger partial charge on any atom is -0.396 e. The lowest BCUT2D eigenvalue weighted by Crippen LogP contribution is -2.25. The van der Waals surface area contributed by atoms with E-state index in [1.54, 1.807) is 0 Å². The molecular weight excluding hydrogens is 184 g/mol. The zero-order valence-corrected chi connectivity index (χ0v) is 7.75. The average Bonchev–Trinajstić information content (AvgIpc) is 2.18. The lowest BCUT2D eigenvalue weighted by Gasteiger charge is -2.14. The Kier molecular flexibility index (Phi) is 2.60. The summed E-state index contributed by atoms with van der Waals surface area (Å²) in [6.07, 6.45) is 1.000. The highest BCUT2D eigenvalue weighted by atomic mass is 16.5. The highest BCUT2D eigenvalue weighted by Gasteiger charge is 2.15. The van der Waals surface area contributed by atoms with Crippen molar-refractivity contribution < 1.29 is 9.84 Å². The molecule has 76 valence electrons. The van der Waals surface area contributed by atoms with Crippen LogP contribution in [0.2, 0.25) is 0 Å². The van der Waals surface area contributed by atoms with Crippen LogP contribution in [0.5, 0.6) is 0 Å². The number of hydrogen-bond donors (Lipinski definition) is 2. The number of aliphatic hydroxyl groups excluding tert-OH is 1. The Morgan fingerprint density at radius 3 is 3.21 bits per heavy atom. The molecule has 2 rings (SSSR count). The first-order chi connectivity index (χ1) is 6.81. The fraction of sp³-hybridized carbons (Fsp3) is 0.556. The summed E-state index contributed by atoms with van der Waals surface area (Å²) in [4.78, 5) is 18.4. The molecule has 0 bridgehead atoms. The maximum Gasteiger partial charge on any atom is 0.254 e. The summed E-state index contributed by atoms with van der Waals surface area (Å²) in [7, 11) is 0. The zero-order chi connectivity index (χ0) is 9.97. The molecule has 0 radical (unpaired) electrons. The number of fused-ring (bicyclic) bond motifs is 1. The number of H-pyrrole nitrogens is 1. The molecule has 0 saturated carbocycles. The lowest BCUT2D eigenvalue weighted by atomic mass is 10.1. The predicted molar refractivity (Wildman–Crippen MR) is 49.0 cm³/mol. The van der Waals surface area contributed by atoms with Crippen molar-refractivity contribution >= 4 is 0 Å². The normalized spacial score (nSPS) is 15.2. The van der Waals surface area contributed by atoms with E-state index in [9.17, 15) is 4.79 Å². The average molecular weight is 196 g/mol. The van der Waals surface area contributed by atoms with Gasteiger partial charge in [0, 0.05) is 18.4 Å². The third-order valence-electron chi connectivity index (χ3n) is 2.23. The number of aromatic nitrogens is 2. The molecule has 1 aliphatic rings. The van der Waals surface area contributed by atoms with E-state index in [2.05, 4.69) is 9.97 Å². The highest BCUT2D eigenvalue weighted by Crippen LogP contribution is 2.09. The highest BCUT2D eigenvalue weighted by molar-refractivity contribution is 5.19. The fourth-order valence-corrected chi connectivity index (χ4v) is 1.54. The van der Waals surface area contributed by atoms with E-state index in [-0.39, 0.29) is 12.2 Å². The van der Waals surface area contributed by atoms with E-state index < -0.39 is 0 Å². The van der Waals surface area contributed by atoms with Crippen molar-refractivity contribution in [3.63, 3.8) is 0 Å². The molecule has 1 aliphatic heterocycles. The molecule has 0 aliphatic carbocycles. The Balaban J connectivity index is 2.41. The van der Waals surface area contributed by atoms with E-state index in [4.69, 9.17) is 9.84 Å². The van der Waals surface area contributed by atoms with Crippen molar-refractivity contribution in [2.24, 2.45) is 0 Å². The topological polar surface area (TPSA) is 75.2 Å². The fourth-order valence-electron chi connectivity index (χ4n) is 1.54. The molecule has 0 amide bonds. The van der Waals surface area contributed by atoms with Gasteiger partial charge in [-0.1, -0.05) is 0 Å². The molecule has 0 spiro atoms. The molecular formula is C9H12N2O3. The van der Waals surface area contributed by atoms with Crippen LogP contribution >= 0.6 is 0 Å². The van der Waals surface area contributed by atoms with E-state index in [0.717, 1.165) is 5.56 Å². The number of nitrogens with one attached hydrogen (secondary N) is 1. The second-order valence-corrected chi connectivity index (χ2v) is 3.21. The van der Waals surface area contributed by atoms with Crippen molar-refractivity contribution in [3.05, 3.63) is 27.4 Å². The standard InChI is InChI=1S/C9H12N2O3/c12-3-1-8-10-7-5-14-4-2-6(7)9(13)11-8/h12H,1-5H2,(H,10,11,13). The Bertz CT molecular complexity index is 386. The Morgan fingerprint density at radius 1 is 1.57 bits per heavy atom. The van der Waals surface area contributed by atoms with Gasteiger partial charge in [-0.05, 0) is 0 Å². The van der Waals surface area contributed by atoms with Crippen LogP contribution in [0.1, 0.15) is 17.1 Å². The molecule has 5 nitrogen and oxygen atoms in total. The lowest BCUT2D eigenvalue weighted by molar-refractivity contribution is 0.106. The molecule has 1 aromatic rings. The molecule has 0 fully saturated rings. The minimum absolute atomic E-state index is 0.0113. The molecule has 0 aromatic carbocycles. The van der Waals surface area contributed by atoms with Gasteiger partial charge in [-0.3, -0.25) is 4.79 Å². The summed E-state index contributed by atoms with van der Waals surface area (Å²) in [6, 6.07) is 0. The van der Waals surface area contributed by atoms with Crippen molar-refractivity contribution in [1.29, 1.82) is 0 Å². The zero-order valence-electron chi connectivity index (χ0n) is 7.75. The first-order valence-electron chi connectivity index (χ1n) is 4.61. The van der Waals surface area contributed by atoms with Gasteiger partial charge < -0.3 is 14.8 Å². The van der Waals surface area contributed by atoms with Crippen LogP contribution < -0.4 is 5.56 Å². The quantitative estimate of drug-likeness (QED) is 0.661. The molecule has 0 atom stereocenters. The van der Waals surface area contributed by atoms with Gasteiger partial charge in [-0.2, -0.15) is 0 Å². The number of aliphatic hydroxyl groups is 1. The van der Waals surface area contributed by atoms with E-state index in [1.807, 2.05) is 0 Å². The van der Waals surface area contributed by atoms with Crippen LogP contribution in [0, 0.1) is 0 Å². The SMILES string of the molecule is O=c1[nH]c(CCO)nc2c1CCOC2.